The van der Waals surface area contributed by atoms with E-state index in [1.165, 1.54) is 18.2 Å². The highest BCUT2D eigenvalue weighted by molar-refractivity contribution is 5.21. The number of nitrogens with zero attached hydrogens (tertiary/aromatic N) is 1. The molecule has 2 aromatic rings. The van der Waals surface area contributed by atoms with Crippen LogP contribution in [0.5, 0.6) is 5.88 Å². The molecule has 1 unspecified atom stereocenters. The number of pyridine rings is 1. The first-order valence-corrected chi connectivity index (χ1v) is 6.75. The fourth-order valence-electron chi connectivity index (χ4n) is 2.03. The van der Waals surface area contributed by atoms with Crippen LogP contribution in [0.4, 0.5) is 8.78 Å². The lowest BCUT2D eigenvalue weighted by atomic mass is 10.1. The Labute approximate surface area is 123 Å². The smallest absolute Gasteiger partial charge is 0.212 e. The van der Waals surface area contributed by atoms with Crippen LogP contribution in [0.1, 0.15) is 18.1 Å². The van der Waals surface area contributed by atoms with E-state index in [9.17, 15) is 8.78 Å². The molecule has 1 aromatic heterocycles. The molecule has 0 saturated carbocycles. The van der Waals surface area contributed by atoms with E-state index in [1.54, 1.807) is 19.4 Å². The van der Waals surface area contributed by atoms with Gasteiger partial charge in [0.1, 0.15) is 11.6 Å². The molecule has 3 nitrogen and oxygen atoms in total. The SMILES string of the molecule is COc1ccc(CNC(C)Cc2c(F)cccc2F)cn1. The lowest BCUT2D eigenvalue weighted by molar-refractivity contribution is 0.397. The van der Waals surface area contributed by atoms with Crippen LogP contribution in [0.25, 0.3) is 0 Å². The molecule has 0 radical (unpaired) electrons. The zero-order valence-corrected chi connectivity index (χ0v) is 12.1. The Kier molecular flexibility index (Phi) is 5.22. The number of benzene rings is 1. The van der Waals surface area contributed by atoms with E-state index in [0.29, 0.717) is 18.8 Å². The molecule has 1 atom stereocenters. The summed E-state index contributed by atoms with van der Waals surface area (Å²) in [5.74, 6) is -0.454. The molecule has 0 bridgehead atoms. The van der Waals surface area contributed by atoms with E-state index >= 15 is 0 Å². The van der Waals surface area contributed by atoms with E-state index in [2.05, 4.69) is 10.3 Å². The van der Waals surface area contributed by atoms with Crippen LogP contribution in [0.15, 0.2) is 36.5 Å². The number of hydrogen-bond acceptors (Lipinski definition) is 3. The summed E-state index contributed by atoms with van der Waals surface area (Å²) in [6.45, 7) is 2.47. The van der Waals surface area contributed by atoms with Gasteiger partial charge in [-0.25, -0.2) is 13.8 Å². The van der Waals surface area contributed by atoms with E-state index in [-0.39, 0.29) is 11.6 Å². The highest BCUT2D eigenvalue weighted by Crippen LogP contribution is 2.14. The topological polar surface area (TPSA) is 34.1 Å². The first-order chi connectivity index (χ1) is 10.1. The largest absolute Gasteiger partial charge is 0.481 e. The Morgan fingerprint density at radius 1 is 1.19 bits per heavy atom. The monoisotopic (exact) mass is 292 g/mol. The normalized spacial score (nSPS) is 12.2. The van der Waals surface area contributed by atoms with Crippen molar-refractivity contribution in [2.45, 2.75) is 25.9 Å². The number of hydrogen-bond donors (Lipinski definition) is 1. The summed E-state index contributed by atoms with van der Waals surface area (Å²) in [7, 11) is 1.56. The molecule has 0 amide bonds. The first kappa shape index (κ1) is 15.4. The van der Waals surface area contributed by atoms with Gasteiger partial charge in [0.2, 0.25) is 5.88 Å². The number of rotatable bonds is 6. The van der Waals surface area contributed by atoms with E-state index in [1.807, 2.05) is 13.0 Å². The van der Waals surface area contributed by atoms with Gasteiger partial charge in [0.25, 0.3) is 0 Å². The van der Waals surface area contributed by atoms with Crippen LogP contribution in [0.3, 0.4) is 0 Å². The van der Waals surface area contributed by atoms with Crippen molar-refractivity contribution in [1.29, 1.82) is 0 Å². The lowest BCUT2D eigenvalue weighted by Gasteiger charge is -2.15. The summed E-state index contributed by atoms with van der Waals surface area (Å²) in [4.78, 5) is 4.11. The summed E-state index contributed by atoms with van der Waals surface area (Å²) in [5, 5.41) is 3.23. The molecule has 1 N–H and O–H groups in total. The first-order valence-electron chi connectivity index (χ1n) is 6.75. The Morgan fingerprint density at radius 3 is 2.48 bits per heavy atom. The van der Waals surface area contributed by atoms with Gasteiger partial charge in [0.05, 0.1) is 7.11 Å². The maximum absolute atomic E-state index is 13.6. The third-order valence-corrected chi connectivity index (χ3v) is 3.23. The molecule has 0 aliphatic heterocycles. The molecule has 21 heavy (non-hydrogen) atoms. The second-order valence-corrected chi connectivity index (χ2v) is 4.90. The predicted molar refractivity (Wildman–Crippen MR) is 77.2 cm³/mol. The van der Waals surface area contributed by atoms with Crippen molar-refractivity contribution < 1.29 is 13.5 Å². The number of methoxy groups -OCH3 is 1. The molecule has 5 heteroatoms. The molecule has 0 aliphatic rings. The van der Waals surface area contributed by atoms with Gasteiger partial charge < -0.3 is 10.1 Å². The minimum absolute atomic E-state index is 0.0569. The zero-order chi connectivity index (χ0) is 15.2. The third kappa shape index (κ3) is 4.23. The van der Waals surface area contributed by atoms with Crippen molar-refractivity contribution in [3.8, 4) is 5.88 Å². The molecule has 2 rings (SSSR count). The molecule has 0 fully saturated rings. The third-order valence-electron chi connectivity index (χ3n) is 3.23. The van der Waals surface area contributed by atoms with Crippen LogP contribution in [-0.2, 0) is 13.0 Å². The minimum Gasteiger partial charge on any atom is -0.481 e. The molecule has 0 saturated heterocycles. The minimum atomic E-state index is -0.505. The summed E-state index contributed by atoms with van der Waals surface area (Å²) in [6.07, 6.45) is 2.00. The standard InChI is InChI=1S/C16H18F2N2O/c1-11(8-13-14(17)4-3-5-15(13)18)19-9-12-6-7-16(21-2)20-10-12/h3-7,10-11,19H,8-9H2,1-2H3. The molecule has 1 heterocycles. The molecule has 0 aliphatic carbocycles. The van der Waals surface area contributed by atoms with Crippen molar-refractivity contribution in [3.63, 3.8) is 0 Å². The van der Waals surface area contributed by atoms with E-state index in [0.717, 1.165) is 5.56 Å². The maximum Gasteiger partial charge on any atom is 0.212 e. The van der Waals surface area contributed by atoms with Gasteiger partial charge >= 0.3 is 0 Å². The number of nitrogens with one attached hydrogen (secondary N) is 1. The van der Waals surface area contributed by atoms with Gasteiger partial charge in [-0.1, -0.05) is 12.1 Å². The number of halogens is 2. The summed E-state index contributed by atoms with van der Waals surface area (Å²) in [6, 6.07) is 7.54. The molecule has 112 valence electrons. The van der Waals surface area contributed by atoms with Gasteiger partial charge in [-0.15, -0.1) is 0 Å². The van der Waals surface area contributed by atoms with Crippen LogP contribution in [-0.4, -0.2) is 18.1 Å². The van der Waals surface area contributed by atoms with Gasteiger partial charge in [-0.3, -0.25) is 0 Å². The Balaban J connectivity index is 1.91. The van der Waals surface area contributed by atoms with Crippen molar-refractivity contribution >= 4 is 0 Å². The van der Waals surface area contributed by atoms with Crippen LogP contribution in [0, 0.1) is 11.6 Å². The second-order valence-electron chi connectivity index (χ2n) is 4.90. The average molecular weight is 292 g/mol. The van der Waals surface area contributed by atoms with E-state index in [4.69, 9.17) is 4.74 Å². The summed E-state index contributed by atoms with van der Waals surface area (Å²) < 4.78 is 32.1. The van der Waals surface area contributed by atoms with Crippen molar-refractivity contribution in [3.05, 3.63) is 59.3 Å². The lowest BCUT2D eigenvalue weighted by Crippen LogP contribution is -2.28. The van der Waals surface area contributed by atoms with Crippen LogP contribution >= 0.6 is 0 Å². The molecule has 0 spiro atoms. The van der Waals surface area contributed by atoms with Crippen LogP contribution < -0.4 is 10.1 Å². The Morgan fingerprint density at radius 2 is 1.90 bits per heavy atom. The highest BCUT2D eigenvalue weighted by atomic mass is 19.1. The molecule has 1 aromatic carbocycles. The number of ether oxygens (including phenoxy) is 1. The fraction of sp³-hybridized carbons (Fsp3) is 0.312. The quantitative estimate of drug-likeness (QED) is 0.888. The van der Waals surface area contributed by atoms with Crippen molar-refractivity contribution in [2.75, 3.05) is 7.11 Å². The Bertz CT molecular complexity index is 567. The van der Waals surface area contributed by atoms with Crippen LogP contribution in [0.2, 0.25) is 0 Å². The van der Waals surface area contributed by atoms with Gasteiger partial charge in [0, 0.05) is 30.4 Å². The fourth-order valence-corrected chi connectivity index (χ4v) is 2.03. The van der Waals surface area contributed by atoms with Gasteiger partial charge in [-0.2, -0.15) is 0 Å². The molecular weight excluding hydrogens is 274 g/mol. The van der Waals surface area contributed by atoms with Crippen molar-refractivity contribution in [1.82, 2.24) is 10.3 Å². The summed E-state index contributed by atoms with van der Waals surface area (Å²) in [5.41, 5.74) is 1.10. The van der Waals surface area contributed by atoms with Crippen molar-refractivity contribution in [2.24, 2.45) is 0 Å². The highest BCUT2D eigenvalue weighted by Gasteiger charge is 2.12. The van der Waals surface area contributed by atoms with Gasteiger partial charge in [0.15, 0.2) is 0 Å². The summed E-state index contributed by atoms with van der Waals surface area (Å²) >= 11 is 0. The van der Waals surface area contributed by atoms with E-state index < -0.39 is 11.6 Å². The Hall–Kier alpha value is -2.01. The molecular formula is C16H18F2N2O. The number of aromatic nitrogens is 1. The van der Waals surface area contributed by atoms with Gasteiger partial charge in [-0.05, 0) is 31.0 Å². The second kappa shape index (κ2) is 7.13. The predicted octanol–water partition coefficient (Wildman–Crippen LogP) is 3.09. The zero-order valence-electron chi connectivity index (χ0n) is 12.1. The average Bonchev–Trinajstić information content (AvgIpc) is 2.49. The maximum atomic E-state index is 13.6.